The molecule has 0 bridgehead atoms. The Morgan fingerprint density at radius 3 is 2.35 bits per heavy atom. The summed E-state index contributed by atoms with van der Waals surface area (Å²) >= 11 is 1.48. The first-order valence-electron chi connectivity index (χ1n) is 5.54. The summed E-state index contributed by atoms with van der Waals surface area (Å²) in [7, 11) is 1.99. The third-order valence-corrected chi connectivity index (χ3v) is 5.14. The van der Waals surface area contributed by atoms with Crippen LogP contribution in [0, 0.1) is 0 Å². The maximum atomic E-state index is 11.3. The lowest BCUT2D eigenvalue weighted by molar-refractivity contribution is -0.142. The molecule has 0 saturated carbocycles. The average molecular weight is 260 g/mol. The van der Waals surface area contributed by atoms with Crippen LogP contribution < -0.4 is 0 Å². The van der Waals surface area contributed by atoms with Crippen LogP contribution in [-0.2, 0) is 4.79 Å². The Balaban J connectivity index is 2.23. The van der Waals surface area contributed by atoms with Crippen molar-refractivity contribution < 1.29 is 19.8 Å². The van der Waals surface area contributed by atoms with E-state index in [9.17, 15) is 14.7 Å². The third-order valence-electron chi connectivity index (χ3n) is 3.52. The molecule has 0 aromatic carbocycles. The first-order chi connectivity index (χ1) is 7.96. The van der Waals surface area contributed by atoms with E-state index in [1.54, 1.807) is 0 Å². The van der Waals surface area contributed by atoms with Crippen molar-refractivity contribution in [3.05, 3.63) is 0 Å². The van der Waals surface area contributed by atoms with Crippen molar-refractivity contribution in [2.45, 2.75) is 23.8 Å². The van der Waals surface area contributed by atoms with E-state index in [1.165, 1.54) is 11.8 Å². The molecule has 2 fully saturated rings. The molecule has 2 rings (SSSR count). The largest absolute Gasteiger partial charge is 0.480 e. The number of rotatable bonds is 1. The van der Waals surface area contributed by atoms with Gasteiger partial charge in [0.1, 0.15) is 6.04 Å². The van der Waals surface area contributed by atoms with Crippen molar-refractivity contribution in [1.29, 1.82) is 0 Å². The van der Waals surface area contributed by atoms with Crippen molar-refractivity contribution in [2.24, 2.45) is 0 Å². The van der Waals surface area contributed by atoms with E-state index >= 15 is 0 Å². The SMILES string of the molecule is CN1CCC2(CC1)SC[C@@H](C(=O)O)N2C(=O)O. The van der Waals surface area contributed by atoms with E-state index in [4.69, 9.17) is 5.11 Å². The minimum Gasteiger partial charge on any atom is -0.480 e. The molecule has 2 aliphatic heterocycles. The standard InChI is InChI=1S/C10H16N2O4S/c1-11-4-2-10(3-5-11)12(9(15)16)7(6-17-10)8(13)14/h7H,2-6H2,1H3,(H,13,14)(H,15,16)/t7-/m0/s1. The lowest BCUT2D eigenvalue weighted by atomic mass is 10.0. The zero-order chi connectivity index (χ0) is 12.6. The highest BCUT2D eigenvalue weighted by Gasteiger charge is 2.53. The molecule has 0 aromatic heterocycles. The minimum absolute atomic E-state index is 0.353. The second kappa shape index (κ2) is 4.38. The maximum absolute atomic E-state index is 11.3. The smallest absolute Gasteiger partial charge is 0.409 e. The lowest BCUT2D eigenvalue weighted by Gasteiger charge is -2.42. The number of carboxylic acids is 1. The molecule has 2 N–H and O–H groups in total. The number of amides is 1. The van der Waals surface area contributed by atoms with Crippen LogP contribution in [-0.4, -0.2) is 68.9 Å². The quantitative estimate of drug-likeness (QED) is 0.718. The van der Waals surface area contributed by atoms with Gasteiger partial charge in [0.05, 0.1) is 4.87 Å². The molecular weight excluding hydrogens is 244 g/mol. The van der Waals surface area contributed by atoms with E-state index in [0.717, 1.165) is 18.0 Å². The molecule has 0 unspecified atom stereocenters. The van der Waals surface area contributed by atoms with Crippen LogP contribution in [0.15, 0.2) is 0 Å². The lowest BCUT2D eigenvalue weighted by Crippen LogP contribution is -2.55. The summed E-state index contributed by atoms with van der Waals surface area (Å²) in [6.45, 7) is 1.62. The van der Waals surface area contributed by atoms with Gasteiger partial charge in [0.2, 0.25) is 0 Å². The molecule has 17 heavy (non-hydrogen) atoms. The van der Waals surface area contributed by atoms with Crippen LogP contribution in [0.25, 0.3) is 0 Å². The van der Waals surface area contributed by atoms with Crippen molar-refractivity contribution in [1.82, 2.24) is 9.80 Å². The van der Waals surface area contributed by atoms with Gasteiger partial charge in [-0.15, -0.1) is 11.8 Å². The van der Waals surface area contributed by atoms with E-state index in [2.05, 4.69) is 4.90 Å². The van der Waals surface area contributed by atoms with Gasteiger partial charge in [-0.25, -0.2) is 9.59 Å². The molecular formula is C10H16N2O4S. The number of aliphatic carboxylic acids is 1. The van der Waals surface area contributed by atoms with Gasteiger partial charge in [0.15, 0.2) is 0 Å². The first kappa shape index (κ1) is 12.5. The summed E-state index contributed by atoms with van der Waals surface area (Å²) in [5.41, 5.74) is 0. The molecule has 1 atom stereocenters. The Morgan fingerprint density at radius 1 is 1.29 bits per heavy atom. The minimum atomic E-state index is -1.12. The van der Waals surface area contributed by atoms with Crippen LogP contribution >= 0.6 is 11.8 Å². The zero-order valence-electron chi connectivity index (χ0n) is 9.63. The van der Waals surface area contributed by atoms with Crippen molar-refractivity contribution >= 4 is 23.8 Å². The second-order valence-corrected chi connectivity index (χ2v) is 5.95. The van der Waals surface area contributed by atoms with E-state index < -0.39 is 23.0 Å². The van der Waals surface area contributed by atoms with Gasteiger partial charge in [0, 0.05) is 18.8 Å². The van der Waals surface area contributed by atoms with Gasteiger partial charge in [0.25, 0.3) is 0 Å². The number of likely N-dealkylation sites (tertiary alicyclic amines) is 1. The number of carbonyl (C=O) groups is 2. The van der Waals surface area contributed by atoms with Gasteiger partial charge in [-0.3, -0.25) is 4.90 Å². The number of piperidine rings is 1. The Bertz CT molecular complexity index is 341. The van der Waals surface area contributed by atoms with Crippen LogP contribution in [0.2, 0.25) is 0 Å². The Morgan fingerprint density at radius 2 is 1.88 bits per heavy atom. The highest BCUT2D eigenvalue weighted by molar-refractivity contribution is 8.01. The van der Waals surface area contributed by atoms with E-state index in [1.807, 2.05) is 7.05 Å². The fourth-order valence-corrected chi connectivity index (χ4v) is 4.08. The number of nitrogens with zero attached hydrogens (tertiary/aromatic N) is 2. The molecule has 96 valence electrons. The van der Waals surface area contributed by atoms with Gasteiger partial charge in [-0.05, 0) is 19.9 Å². The van der Waals surface area contributed by atoms with Crippen LogP contribution in [0.1, 0.15) is 12.8 Å². The molecule has 0 radical (unpaired) electrons. The van der Waals surface area contributed by atoms with E-state index in [-0.39, 0.29) is 0 Å². The van der Waals surface area contributed by atoms with Crippen LogP contribution in [0.3, 0.4) is 0 Å². The molecule has 1 amide bonds. The Kier molecular flexibility index (Phi) is 3.22. The maximum Gasteiger partial charge on any atom is 0.409 e. The molecule has 2 aliphatic rings. The summed E-state index contributed by atoms with van der Waals surface area (Å²) in [6.07, 6.45) is 0.279. The van der Waals surface area contributed by atoms with Gasteiger partial charge in [-0.2, -0.15) is 0 Å². The average Bonchev–Trinajstić information content (AvgIpc) is 2.62. The second-order valence-electron chi connectivity index (χ2n) is 4.57. The Labute approximate surface area is 104 Å². The number of thioether (sulfide) groups is 1. The number of carboxylic acid groups (broad SMARTS) is 2. The molecule has 0 aromatic rings. The first-order valence-corrected chi connectivity index (χ1v) is 6.52. The van der Waals surface area contributed by atoms with E-state index in [0.29, 0.717) is 18.6 Å². The molecule has 0 aliphatic carbocycles. The molecule has 2 heterocycles. The van der Waals surface area contributed by atoms with Gasteiger partial charge >= 0.3 is 12.1 Å². The highest BCUT2D eigenvalue weighted by Crippen LogP contribution is 2.46. The monoisotopic (exact) mass is 260 g/mol. The molecule has 1 spiro atoms. The molecule has 7 heteroatoms. The number of hydrogen-bond acceptors (Lipinski definition) is 4. The van der Waals surface area contributed by atoms with Gasteiger partial charge in [-0.1, -0.05) is 0 Å². The van der Waals surface area contributed by atoms with Gasteiger partial charge < -0.3 is 15.1 Å². The molecule has 6 nitrogen and oxygen atoms in total. The zero-order valence-corrected chi connectivity index (χ0v) is 10.4. The fraction of sp³-hybridized carbons (Fsp3) is 0.800. The highest BCUT2D eigenvalue weighted by atomic mass is 32.2. The van der Waals surface area contributed by atoms with Crippen LogP contribution in [0.5, 0.6) is 0 Å². The van der Waals surface area contributed by atoms with Crippen molar-refractivity contribution in [3.8, 4) is 0 Å². The predicted molar refractivity (Wildman–Crippen MR) is 63.2 cm³/mol. The summed E-state index contributed by atoms with van der Waals surface area (Å²) in [6, 6.07) is -0.902. The molecule has 2 saturated heterocycles. The van der Waals surface area contributed by atoms with Crippen molar-refractivity contribution in [2.75, 3.05) is 25.9 Å². The summed E-state index contributed by atoms with van der Waals surface area (Å²) < 4.78 is 0. The summed E-state index contributed by atoms with van der Waals surface area (Å²) in [5, 5.41) is 18.3. The topological polar surface area (TPSA) is 81.1 Å². The normalized spacial score (nSPS) is 28.5. The number of hydrogen-bond donors (Lipinski definition) is 2. The summed E-state index contributed by atoms with van der Waals surface area (Å²) in [5.74, 6) is -0.693. The van der Waals surface area contributed by atoms with Crippen molar-refractivity contribution in [3.63, 3.8) is 0 Å². The Hall–Kier alpha value is -0.950. The third kappa shape index (κ3) is 2.09. The fourth-order valence-electron chi connectivity index (χ4n) is 2.50. The van der Waals surface area contributed by atoms with Crippen LogP contribution in [0.4, 0.5) is 4.79 Å². The summed E-state index contributed by atoms with van der Waals surface area (Å²) in [4.78, 5) is 25.2. The predicted octanol–water partition coefficient (Wildman–Crippen LogP) is 0.588.